The number of halogens is 1. The number of rotatable bonds is 0. The lowest BCUT2D eigenvalue weighted by molar-refractivity contribution is -0.120. The predicted molar refractivity (Wildman–Crippen MR) is 71.6 cm³/mol. The predicted octanol–water partition coefficient (Wildman–Crippen LogP) is 1.20. The van der Waals surface area contributed by atoms with Crippen molar-refractivity contribution in [2.24, 2.45) is 0 Å². The van der Waals surface area contributed by atoms with E-state index in [1.807, 2.05) is 19.2 Å². The minimum Gasteiger partial charge on any atom is -0.355 e. The molecule has 5 heteroatoms. The Hall–Kier alpha value is -1.07. The van der Waals surface area contributed by atoms with Crippen LogP contribution in [0.1, 0.15) is 0 Å². The van der Waals surface area contributed by atoms with Crippen molar-refractivity contribution in [1.82, 2.24) is 5.32 Å². The monoisotopic (exact) mass is 295 g/mol. The van der Waals surface area contributed by atoms with E-state index in [0.29, 0.717) is 0 Å². The van der Waals surface area contributed by atoms with Crippen molar-refractivity contribution in [3.05, 3.63) is 22.7 Å². The van der Waals surface area contributed by atoms with Crippen LogP contribution in [0.5, 0.6) is 0 Å². The SMILES string of the molecule is CN1C(=O)C2CNCCN2c2cccc(Br)c21. The number of carbonyl (C=O) groups is 1. The first-order valence-electron chi connectivity index (χ1n) is 5.73. The molecule has 0 bridgehead atoms. The summed E-state index contributed by atoms with van der Waals surface area (Å²) in [7, 11) is 1.85. The van der Waals surface area contributed by atoms with E-state index in [1.165, 1.54) is 0 Å². The number of benzene rings is 1. The molecular weight excluding hydrogens is 282 g/mol. The summed E-state index contributed by atoms with van der Waals surface area (Å²) in [6.07, 6.45) is 0. The number of fused-ring (bicyclic) bond motifs is 3. The highest BCUT2D eigenvalue weighted by atomic mass is 79.9. The van der Waals surface area contributed by atoms with E-state index in [0.717, 1.165) is 35.5 Å². The number of anilines is 2. The van der Waals surface area contributed by atoms with Gasteiger partial charge in [-0.25, -0.2) is 0 Å². The van der Waals surface area contributed by atoms with Gasteiger partial charge in [0, 0.05) is 31.2 Å². The molecule has 0 spiro atoms. The molecule has 2 heterocycles. The lowest BCUT2D eigenvalue weighted by atomic mass is 10.0. The Labute approximate surface area is 109 Å². The molecule has 1 aromatic rings. The van der Waals surface area contributed by atoms with Gasteiger partial charge < -0.3 is 15.1 Å². The second-order valence-corrected chi connectivity index (χ2v) is 5.27. The van der Waals surface area contributed by atoms with Crippen LogP contribution in [0, 0.1) is 0 Å². The molecule has 1 saturated heterocycles. The molecule has 2 aliphatic heterocycles. The Morgan fingerprint density at radius 1 is 1.47 bits per heavy atom. The van der Waals surface area contributed by atoms with Gasteiger partial charge in [0.1, 0.15) is 6.04 Å². The minimum absolute atomic E-state index is 0.0597. The van der Waals surface area contributed by atoms with Gasteiger partial charge in [-0.3, -0.25) is 4.79 Å². The second-order valence-electron chi connectivity index (χ2n) is 4.42. The van der Waals surface area contributed by atoms with Crippen molar-refractivity contribution < 1.29 is 4.79 Å². The van der Waals surface area contributed by atoms with Crippen LogP contribution in [-0.4, -0.2) is 38.6 Å². The molecule has 1 amide bonds. The summed E-state index contributed by atoms with van der Waals surface area (Å²) < 4.78 is 0.975. The van der Waals surface area contributed by atoms with Gasteiger partial charge >= 0.3 is 0 Å². The van der Waals surface area contributed by atoms with E-state index in [2.05, 4.69) is 32.2 Å². The van der Waals surface area contributed by atoms with E-state index >= 15 is 0 Å². The number of carbonyl (C=O) groups excluding carboxylic acids is 1. The van der Waals surface area contributed by atoms with Crippen LogP contribution in [0.2, 0.25) is 0 Å². The zero-order valence-electron chi connectivity index (χ0n) is 9.61. The van der Waals surface area contributed by atoms with Crippen LogP contribution in [0.3, 0.4) is 0 Å². The Kier molecular flexibility index (Phi) is 2.60. The average Bonchev–Trinajstić information content (AvgIpc) is 2.36. The fourth-order valence-electron chi connectivity index (χ4n) is 2.61. The molecular formula is C12H14BrN3O. The van der Waals surface area contributed by atoms with Gasteiger partial charge in [0.2, 0.25) is 0 Å². The summed E-state index contributed by atoms with van der Waals surface area (Å²) in [5.41, 5.74) is 2.13. The van der Waals surface area contributed by atoms with Gasteiger partial charge in [-0.05, 0) is 28.1 Å². The maximum atomic E-state index is 12.3. The van der Waals surface area contributed by atoms with E-state index in [4.69, 9.17) is 0 Å². The molecule has 2 aliphatic rings. The molecule has 4 nitrogen and oxygen atoms in total. The van der Waals surface area contributed by atoms with Gasteiger partial charge in [-0.1, -0.05) is 6.07 Å². The summed E-state index contributed by atoms with van der Waals surface area (Å²) in [4.78, 5) is 16.3. The molecule has 3 rings (SSSR count). The molecule has 1 aromatic carbocycles. The van der Waals surface area contributed by atoms with Gasteiger partial charge in [0.15, 0.2) is 0 Å². The summed E-state index contributed by atoms with van der Waals surface area (Å²) in [5.74, 6) is 0.164. The van der Waals surface area contributed by atoms with Gasteiger partial charge in [-0.2, -0.15) is 0 Å². The van der Waals surface area contributed by atoms with Crippen molar-refractivity contribution in [1.29, 1.82) is 0 Å². The molecule has 0 radical (unpaired) electrons. The molecule has 0 aliphatic carbocycles. The van der Waals surface area contributed by atoms with Gasteiger partial charge in [0.25, 0.3) is 5.91 Å². The standard InChI is InChI=1S/C12H14BrN3O/c1-15-11-8(13)3-2-4-9(11)16-6-5-14-7-10(16)12(15)17/h2-4,10,14H,5-7H2,1H3. The maximum absolute atomic E-state index is 12.3. The third-order valence-electron chi connectivity index (χ3n) is 3.47. The summed E-state index contributed by atoms with van der Waals surface area (Å²) in [5, 5.41) is 3.28. The second kappa shape index (κ2) is 3.99. The highest BCUT2D eigenvalue weighted by Gasteiger charge is 2.38. The van der Waals surface area contributed by atoms with Crippen LogP contribution in [-0.2, 0) is 4.79 Å². The zero-order chi connectivity index (χ0) is 12.0. The first-order chi connectivity index (χ1) is 8.20. The summed E-state index contributed by atoms with van der Waals surface area (Å²) >= 11 is 3.53. The number of piperazine rings is 1. The highest BCUT2D eigenvalue weighted by Crippen LogP contribution is 2.40. The van der Waals surface area contributed by atoms with Crippen LogP contribution in [0.4, 0.5) is 11.4 Å². The number of para-hydroxylation sites is 1. The maximum Gasteiger partial charge on any atom is 0.250 e. The fraction of sp³-hybridized carbons (Fsp3) is 0.417. The minimum atomic E-state index is -0.0597. The Bertz CT molecular complexity index is 477. The van der Waals surface area contributed by atoms with Crippen LogP contribution in [0.15, 0.2) is 22.7 Å². The van der Waals surface area contributed by atoms with E-state index in [9.17, 15) is 4.79 Å². The van der Waals surface area contributed by atoms with Crippen molar-refractivity contribution in [3.63, 3.8) is 0 Å². The smallest absolute Gasteiger partial charge is 0.250 e. The summed E-state index contributed by atoms with van der Waals surface area (Å²) in [6, 6.07) is 6.02. The average molecular weight is 296 g/mol. The Morgan fingerprint density at radius 2 is 2.29 bits per heavy atom. The van der Waals surface area contributed by atoms with Gasteiger partial charge in [-0.15, -0.1) is 0 Å². The number of nitrogens with one attached hydrogen (secondary N) is 1. The molecule has 1 unspecified atom stereocenters. The first-order valence-corrected chi connectivity index (χ1v) is 6.53. The molecule has 90 valence electrons. The zero-order valence-corrected chi connectivity index (χ0v) is 11.2. The number of nitrogens with zero attached hydrogens (tertiary/aromatic N) is 2. The quantitative estimate of drug-likeness (QED) is 0.781. The van der Waals surface area contributed by atoms with E-state index in [1.54, 1.807) is 4.90 Å². The lowest BCUT2D eigenvalue weighted by Gasteiger charge is -2.44. The Morgan fingerprint density at radius 3 is 3.12 bits per heavy atom. The molecule has 1 fully saturated rings. The largest absolute Gasteiger partial charge is 0.355 e. The third-order valence-corrected chi connectivity index (χ3v) is 4.11. The van der Waals surface area contributed by atoms with Crippen molar-refractivity contribution in [2.45, 2.75) is 6.04 Å². The summed E-state index contributed by atoms with van der Waals surface area (Å²) in [6.45, 7) is 2.54. The molecule has 17 heavy (non-hydrogen) atoms. The van der Waals surface area contributed by atoms with Crippen LogP contribution < -0.4 is 15.1 Å². The fourth-order valence-corrected chi connectivity index (χ4v) is 3.24. The Balaban J connectivity index is 2.16. The number of hydrogen-bond donors (Lipinski definition) is 1. The highest BCUT2D eigenvalue weighted by molar-refractivity contribution is 9.10. The molecule has 1 atom stereocenters. The van der Waals surface area contributed by atoms with Crippen LogP contribution in [0.25, 0.3) is 0 Å². The first kappa shape index (κ1) is 11.0. The lowest BCUT2D eigenvalue weighted by Crippen LogP contribution is -2.61. The van der Waals surface area contributed by atoms with E-state index < -0.39 is 0 Å². The third kappa shape index (κ3) is 1.57. The normalized spacial score (nSPS) is 23.4. The number of amides is 1. The van der Waals surface area contributed by atoms with Crippen molar-refractivity contribution in [3.8, 4) is 0 Å². The van der Waals surface area contributed by atoms with Gasteiger partial charge in [0.05, 0.1) is 11.4 Å². The molecule has 0 aromatic heterocycles. The van der Waals surface area contributed by atoms with Crippen molar-refractivity contribution in [2.75, 3.05) is 36.5 Å². The number of hydrogen-bond acceptors (Lipinski definition) is 3. The molecule has 0 saturated carbocycles. The number of likely N-dealkylation sites (N-methyl/N-ethyl adjacent to an activating group) is 1. The van der Waals surface area contributed by atoms with E-state index in [-0.39, 0.29) is 11.9 Å². The molecule has 1 N–H and O–H groups in total. The van der Waals surface area contributed by atoms with Crippen LogP contribution >= 0.6 is 15.9 Å². The topological polar surface area (TPSA) is 35.6 Å². The van der Waals surface area contributed by atoms with Crippen molar-refractivity contribution >= 4 is 33.2 Å².